The Morgan fingerprint density at radius 2 is 1.75 bits per heavy atom. The zero-order valence-electron chi connectivity index (χ0n) is 9.28. The number of hydrogen-bond donors (Lipinski definition) is 1. The quantitative estimate of drug-likeness (QED) is 0.622. The summed E-state index contributed by atoms with van der Waals surface area (Å²) in [5, 5.41) is 15.6. The molecule has 0 fully saturated rings. The number of amides is 1. The van der Waals surface area contributed by atoms with Crippen molar-refractivity contribution in [2.75, 3.05) is 5.32 Å². The van der Waals surface area contributed by atoms with E-state index in [9.17, 15) is 9.90 Å². The number of anilines is 1. The van der Waals surface area contributed by atoms with Gasteiger partial charge in [0.25, 0.3) is 0 Å². The molecule has 1 amide bonds. The van der Waals surface area contributed by atoms with Gasteiger partial charge >= 0.3 is 29.6 Å². The summed E-state index contributed by atoms with van der Waals surface area (Å²) in [5.74, 6) is -0.168. The minimum absolute atomic E-state index is 0. The molecule has 0 aromatic heterocycles. The Bertz CT molecular complexity index is 525. The summed E-state index contributed by atoms with van der Waals surface area (Å²) in [6.45, 7) is 1.44. The van der Waals surface area contributed by atoms with Crippen molar-refractivity contribution in [3.8, 4) is 5.75 Å². The second kappa shape index (κ2) is 5.34. The smallest absolute Gasteiger partial charge is 0.872 e. The van der Waals surface area contributed by atoms with Crippen molar-refractivity contribution in [3.63, 3.8) is 0 Å². The van der Waals surface area contributed by atoms with Crippen LogP contribution >= 0.6 is 0 Å². The van der Waals surface area contributed by atoms with E-state index in [-0.39, 0.29) is 41.2 Å². The molecule has 76 valence electrons. The third-order valence-electron chi connectivity index (χ3n) is 2.19. The van der Waals surface area contributed by atoms with Gasteiger partial charge in [-0.15, -0.1) is 5.75 Å². The fourth-order valence-corrected chi connectivity index (χ4v) is 1.58. The predicted molar refractivity (Wildman–Crippen MR) is 57.7 cm³/mol. The molecule has 1 N–H and O–H groups in total. The van der Waals surface area contributed by atoms with E-state index in [1.54, 1.807) is 24.3 Å². The summed E-state index contributed by atoms with van der Waals surface area (Å²) >= 11 is 0. The normalized spacial score (nSPS) is 9.56. The molecule has 3 nitrogen and oxygen atoms in total. The van der Waals surface area contributed by atoms with Gasteiger partial charge in [0, 0.05) is 18.0 Å². The molecule has 0 aliphatic heterocycles. The predicted octanol–water partition coefficient (Wildman–Crippen LogP) is -1.12. The van der Waals surface area contributed by atoms with E-state index in [1.165, 1.54) is 13.0 Å². The van der Waals surface area contributed by atoms with Gasteiger partial charge < -0.3 is 10.4 Å². The van der Waals surface area contributed by atoms with E-state index in [0.717, 1.165) is 5.39 Å². The van der Waals surface area contributed by atoms with Gasteiger partial charge in [-0.3, -0.25) is 4.79 Å². The minimum atomic E-state index is -0.140. The van der Waals surface area contributed by atoms with E-state index in [4.69, 9.17) is 0 Å². The van der Waals surface area contributed by atoms with Crippen molar-refractivity contribution in [2.24, 2.45) is 0 Å². The molecule has 0 saturated heterocycles. The average Bonchev–Trinajstić information content (AvgIpc) is 2.19. The molecule has 0 aliphatic carbocycles. The maximum atomic E-state index is 11.5. The first-order valence-electron chi connectivity index (χ1n) is 4.65. The fraction of sp³-hybridized carbons (Fsp3) is 0.0833. The van der Waals surface area contributed by atoms with Crippen molar-refractivity contribution in [3.05, 3.63) is 36.4 Å². The van der Waals surface area contributed by atoms with Crippen molar-refractivity contribution in [1.82, 2.24) is 0 Å². The monoisotopic (exact) mass is 223 g/mol. The van der Waals surface area contributed by atoms with Crippen LogP contribution in [0.5, 0.6) is 5.75 Å². The van der Waals surface area contributed by atoms with Crippen molar-refractivity contribution in [2.45, 2.75) is 6.92 Å². The maximum Gasteiger partial charge on any atom is 1.00 e. The largest absolute Gasteiger partial charge is 1.00 e. The Morgan fingerprint density at radius 1 is 1.12 bits per heavy atom. The Balaban J connectivity index is 0.00000128. The van der Waals surface area contributed by atoms with Crippen LogP contribution in [0, 0.1) is 0 Å². The van der Waals surface area contributed by atoms with Crippen molar-refractivity contribution < 1.29 is 39.5 Å². The molecule has 0 atom stereocenters. The van der Waals surface area contributed by atoms with E-state index < -0.39 is 0 Å². The molecule has 2 aromatic carbocycles. The van der Waals surface area contributed by atoms with Gasteiger partial charge in [-0.2, -0.15) is 0 Å². The van der Waals surface area contributed by atoms with Gasteiger partial charge in [-0.25, -0.2) is 0 Å². The Morgan fingerprint density at radius 3 is 2.44 bits per heavy atom. The van der Waals surface area contributed by atoms with Crippen LogP contribution in [0.4, 0.5) is 5.69 Å². The molecular formula is C12H10NNaO2. The first kappa shape index (κ1) is 13.0. The van der Waals surface area contributed by atoms with Crippen LogP contribution in [0.25, 0.3) is 10.8 Å². The zero-order valence-corrected chi connectivity index (χ0v) is 11.3. The number of nitrogens with one attached hydrogen (secondary N) is 1. The summed E-state index contributed by atoms with van der Waals surface area (Å²) in [5.41, 5.74) is 0.678. The minimum Gasteiger partial charge on any atom is -0.872 e. The molecule has 4 heteroatoms. The molecular weight excluding hydrogens is 213 g/mol. The van der Waals surface area contributed by atoms with Crippen LogP contribution in [0.1, 0.15) is 6.92 Å². The molecule has 16 heavy (non-hydrogen) atoms. The first-order valence-corrected chi connectivity index (χ1v) is 4.65. The molecule has 0 spiro atoms. The average molecular weight is 223 g/mol. The molecule has 0 heterocycles. The SMILES string of the molecule is CC(=O)Nc1cccc2c([O-])cccc12.[Na+]. The standard InChI is InChI=1S/C12H11NO2.Na/c1-8(14)13-11-6-2-5-10-9(11)4-3-7-12(10)15;/h2-7,15H,1H3,(H,13,14);/q;+1/p-1. The zero-order chi connectivity index (χ0) is 10.8. The summed E-state index contributed by atoms with van der Waals surface area (Å²) in [7, 11) is 0. The molecule has 2 aromatic rings. The number of hydrogen-bond acceptors (Lipinski definition) is 2. The maximum absolute atomic E-state index is 11.5. The Kier molecular flexibility index (Phi) is 4.35. The van der Waals surface area contributed by atoms with Crippen LogP contribution in [0.2, 0.25) is 0 Å². The molecule has 0 unspecified atom stereocenters. The van der Waals surface area contributed by atoms with E-state index in [1.807, 2.05) is 6.07 Å². The van der Waals surface area contributed by atoms with Crippen LogP contribution in [0.3, 0.4) is 0 Å². The molecule has 0 saturated carbocycles. The summed E-state index contributed by atoms with van der Waals surface area (Å²) in [4.78, 5) is 11.0. The third-order valence-corrected chi connectivity index (χ3v) is 2.19. The van der Waals surface area contributed by atoms with E-state index in [2.05, 4.69) is 5.32 Å². The summed E-state index contributed by atoms with van der Waals surface area (Å²) in [6.07, 6.45) is 0. The number of carbonyl (C=O) groups excluding carboxylic acids is 1. The second-order valence-electron chi connectivity index (χ2n) is 3.34. The molecule has 0 aliphatic rings. The van der Waals surface area contributed by atoms with Gasteiger partial charge in [-0.1, -0.05) is 30.3 Å². The van der Waals surface area contributed by atoms with Gasteiger partial charge in [-0.05, 0) is 11.5 Å². The topological polar surface area (TPSA) is 52.2 Å². The van der Waals surface area contributed by atoms with Gasteiger partial charge in [0.05, 0.1) is 0 Å². The van der Waals surface area contributed by atoms with Crippen LogP contribution in [0.15, 0.2) is 36.4 Å². The number of benzene rings is 2. The third kappa shape index (κ3) is 2.55. The molecule has 2 rings (SSSR count). The first-order chi connectivity index (χ1) is 7.18. The number of carbonyl (C=O) groups is 1. The molecule has 0 radical (unpaired) electrons. The number of fused-ring (bicyclic) bond motifs is 1. The summed E-state index contributed by atoms with van der Waals surface area (Å²) in [6, 6.07) is 10.3. The van der Waals surface area contributed by atoms with Gasteiger partial charge in [0.2, 0.25) is 5.91 Å². The Hall–Kier alpha value is -1.03. The van der Waals surface area contributed by atoms with E-state index in [0.29, 0.717) is 11.1 Å². The number of rotatable bonds is 1. The van der Waals surface area contributed by atoms with Crippen LogP contribution in [-0.2, 0) is 4.79 Å². The summed E-state index contributed by atoms with van der Waals surface area (Å²) < 4.78 is 0. The van der Waals surface area contributed by atoms with Crippen LogP contribution < -0.4 is 40.0 Å². The van der Waals surface area contributed by atoms with Crippen molar-refractivity contribution >= 4 is 22.4 Å². The van der Waals surface area contributed by atoms with Crippen molar-refractivity contribution in [1.29, 1.82) is 0 Å². The fourth-order valence-electron chi connectivity index (χ4n) is 1.58. The molecule has 0 bridgehead atoms. The second-order valence-corrected chi connectivity index (χ2v) is 3.34. The van der Waals surface area contributed by atoms with Gasteiger partial charge in [0.1, 0.15) is 0 Å². The van der Waals surface area contributed by atoms with Crippen LogP contribution in [-0.4, -0.2) is 5.91 Å². The van der Waals surface area contributed by atoms with E-state index >= 15 is 0 Å². The Labute approximate surface area is 116 Å². The van der Waals surface area contributed by atoms with Gasteiger partial charge in [0.15, 0.2) is 0 Å².